The third kappa shape index (κ3) is 5.30. The minimum atomic E-state index is -2.82. The molecular formula is C12H11Cl2F2NO3. The zero-order valence-electron chi connectivity index (χ0n) is 10.1. The smallest absolute Gasteiger partial charge is 0.326 e. The summed E-state index contributed by atoms with van der Waals surface area (Å²) in [5.41, 5.74) is 0.426. The van der Waals surface area contributed by atoms with Crippen LogP contribution in [0.3, 0.4) is 0 Å². The van der Waals surface area contributed by atoms with Crippen LogP contribution in [0.1, 0.15) is 12.0 Å². The predicted octanol–water partition coefficient (Wildman–Crippen LogP) is 2.76. The molecule has 110 valence electrons. The molecule has 8 heteroatoms. The van der Waals surface area contributed by atoms with Crippen LogP contribution >= 0.6 is 23.2 Å². The first-order valence-electron chi connectivity index (χ1n) is 5.54. The molecule has 0 bridgehead atoms. The van der Waals surface area contributed by atoms with Gasteiger partial charge in [0.2, 0.25) is 12.3 Å². The molecule has 0 radical (unpaired) electrons. The van der Waals surface area contributed by atoms with Crippen molar-refractivity contribution in [1.82, 2.24) is 5.32 Å². The number of hydrogen-bond acceptors (Lipinski definition) is 2. The van der Waals surface area contributed by atoms with Crippen molar-refractivity contribution in [2.45, 2.75) is 25.3 Å². The van der Waals surface area contributed by atoms with E-state index in [4.69, 9.17) is 28.3 Å². The molecule has 1 aromatic carbocycles. The van der Waals surface area contributed by atoms with E-state index < -0.39 is 30.8 Å². The molecule has 0 heterocycles. The lowest BCUT2D eigenvalue weighted by atomic mass is 10.1. The lowest BCUT2D eigenvalue weighted by Gasteiger charge is -2.14. The summed E-state index contributed by atoms with van der Waals surface area (Å²) >= 11 is 11.5. The first kappa shape index (κ1) is 16.7. The Balaban J connectivity index is 2.68. The van der Waals surface area contributed by atoms with Crippen molar-refractivity contribution in [1.29, 1.82) is 0 Å². The Bertz CT molecular complexity index is 511. The van der Waals surface area contributed by atoms with Crippen molar-refractivity contribution in [3.8, 4) is 0 Å². The Kier molecular flexibility index (Phi) is 6.16. The van der Waals surface area contributed by atoms with Gasteiger partial charge in [-0.05, 0) is 17.7 Å². The molecule has 0 fully saturated rings. The lowest BCUT2D eigenvalue weighted by molar-refractivity contribution is -0.142. The van der Waals surface area contributed by atoms with Crippen LogP contribution in [0.2, 0.25) is 10.0 Å². The Morgan fingerprint density at radius 2 is 1.95 bits per heavy atom. The monoisotopic (exact) mass is 325 g/mol. The summed E-state index contributed by atoms with van der Waals surface area (Å²) in [5.74, 6) is -2.22. The molecule has 2 N–H and O–H groups in total. The molecule has 1 rings (SSSR count). The molecule has 0 aliphatic rings. The van der Waals surface area contributed by atoms with Gasteiger partial charge in [-0.25, -0.2) is 13.6 Å². The number of hydrogen-bond donors (Lipinski definition) is 2. The second-order valence-electron chi connectivity index (χ2n) is 4.00. The van der Waals surface area contributed by atoms with E-state index in [2.05, 4.69) is 0 Å². The van der Waals surface area contributed by atoms with Crippen molar-refractivity contribution in [2.75, 3.05) is 0 Å². The normalized spacial score (nSPS) is 12.2. The number of aliphatic carboxylic acids is 1. The first-order chi connectivity index (χ1) is 9.29. The van der Waals surface area contributed by atoms with E-state index in [1.54, 1.807) is 0 Å². The number of carbonyl (C=O) groups excluding carboxylic acids is 1. The highest BCUT2D eigenvalue weighted by atomic mass is 35.5. The highest BCUT2D eigenvalue weighted by Crippen LogP contribution is 2.21. The Morgan fingerprint density at radius 3 is 2.45 bits per heavy atom. The Hall–Kier alpha value is -1.40. The molecule has 0 aliphatic heterocycles. The van der Waals surface area contributed by atoms with Crippen LogP contribution < -0.4 is 5.32 Å². The third-order valence-corrected chi connectivity index (χ3v) is 3.00. The van der Waals surface area contributed by atoms with Crippen LogP contribution in [0.25, 0.3) is 0 Å². The summed E-state index contributed by atoms with van der Waals surface area (Å²) in [7, 11) is 0. The fraction of sp³-hybridized carbons (Fsp3) is 0.333. The van der Waals surface area contributed by atoms with Crippen LogP contribution in [0.5, 0.6) is 0 Å². The van der Waals surface area contributed by atoms with Crippen molar-refractivity contribution in [2.24, 2.45) is 0 Å². The molecule has 0 saturated carbocycles. The maximum Gasteiger partial charge on any atom is 0.326 e. The molecule has 1 atom stereocenters. The summed E-state index contributed by atoms with van der Waals surface area (Å²) in [6.07, 6.45) is -3.99. The fourth-order valence-electron chi connectivity index (χ4n) is 1.48. The number of carbonyl (C=O) groups is 2. The second kappa shape index (κ2) is 7.40. The number of carboxylic acids is 1. The average Bonchev–Trinajstić information content (AvgIpc) is 2.31. The first-order valence-corrected chi connectivity index (χ1v) is 6.29. The van der Waals surface area contributed by atoms with E-state index in [1.807, 2.05) is 5.32 Å². The van der Waals surface area contributed by atoms with Gasteiger partial charge in [0, 0.05) is 16.5 Å². The molecule has 1 amide bonds. The van der Waals surface area contributed by atoms with Gasteiger partial charge in [-0.1, -0.05) is 29.3 Å². The van der Waals surface area contributed by atoms with Crippen LogP contribution in [-0.2, 0) is 16.0 Å². The maximum absolute atomic E-state index is 12.2. The number of amides is 1. The second-order valence-corrected chi connectivity index (χ2v) is 4.84. The van der Waals surface area contributed by atoms with Crippen LogP contribution in [0.4, 0.5) is 8.78 Å². The predicted molar refractivity (Wildman–Crippen MR) is 70.4 cm³/mol. The number of rotatable bonds is 6. The third-order valence-electron chi connectivity index (χ3n) is 2.41. The van der Waals surface area contributed by atoms with E-state index >= 15 is 0 Å². The van der Waals surface area contributed by atoms with Crippen molar-refractivity contribution in [3.05, 3.63) is 33.8 Å². The Morgan fingerprint density at radius 1 is 1.30 bits per heavy atom. The van der Waals surface area contributed by atoms with Crippen LogP contribution in [0, 0.1) is 0 Å². The van der Waals surface area contributed by atoms with Gasteiger partial charge in [-0.15, -0.1) is 0 Å². The van der Waals surface area contributed by atoms with E-state index in [0.29, 0.717) is 10.6 Å². The van der Waals surface area contributed by atoms with Gasteiger partial charge in [0.05, 0.1) is 6.42 Å². The quantitative estimate of drug-likeness (QED) is 0.845. The molecular weight excluding hydrogens is 315 g/mol. The molecule has 1 unspecified atom stereocenters. The van der Waals surface area contributed by atoms with Gasteiger partial charge >= 0.3 is 5.97 Å². The molecule has 0 aliphatic carbocycles. The fourth-order valence-corrected chi connectivity index (χ4v) is 1.96. The molecule has 0 aromatic heterocycles. The van der Waals surface area contributed by atoms with E-state index in [0.717, 1.165) is 0 Å². The number of carboxylic acid groups (broad SMARTS) is 1. The van der Waals surface area contributed by atoms with Crippen LogP contribution in [-0.4, -0.2) is 29.5 Å². The lowest BCUT2D eigenvalue weighted by Crippen LogP contribution is -2.42. The molecule has 4 nitrogen and oxygen atoms in total. The SMILES string of the molecule is O=C(Cc1ccc(Cl)cc1Cl)NC(CC(F)F)C(=O)O. The summed E-state index contributed by atoms with van der Waals surface area (Å²) in [6.45, 7) is 0. The number of nitrogens with one attached hydrogen (secondary N) is 1. The highest BCUT2D eigenvalue weighted by molar-refractivity contribution is 6.35. The van der Waals surface area contributed by atoms with E-state index in [9.17, 15) is 18.4 Å². The van der Waals surface area contributed by atoms with Crippen molar-refractivity contribution in [3.63, 3.8) is 0 Å². The largest absolute Gasteiger partial charge is 0.480 e. The van der Waals surface area contributed by atoms with Gasteiger partial charge in [-0.2, -0.15) is 0 Å². The minimum Gasteiger partial charge on any atom is -0.480 e. The number of halogens is 4. The number of benzene rings is 1. The zero-order chi connectivity index (χ0) is 15.3. The van der Waals surface area contributed by atoms with Gasteiger partial charge in [-0.3, -0.25) is 4.79 Å². The van der Waals surface area contributed by atoms with Gasteiger partial charge < -0.3 is 10.4 Å². The summed E-state index contributed by atoms with van der Waals surface area (Å²) in [6, 6.07) is 2.82. The molecule has 0 spiro atoms. The highest BCUT2D eigenvalue weighted by Gasteiger charge is 2.24. The van der Waals surface area contributed by atoms with Gasteiger partial charge in [0.1, 0.15) is 6.04 Å². The average molecular weight is 326 g/mol. The van der Waals surface area contributed by atoms with Crippen molar-refractivity contribution < 1.29 is 23.5 Å². The van der Waals surface area contributed by atoms with Crippen LogP contribution in [0.15, 0.2) is 18.2 Å². The maximum atomic E-state index is 12.2. The molecule has 1 aromatic rings. The minimum absolute atomic E-state index is 0.219. The summed E-state index contributed by atoms with van der Waals surface area (Å²) in [5, 5.41) is 11.4. The molecule has 0 saturated heterocycles. The summed E-state index contributed by atoms with van der Waals surface area (Å²) < 4.78 is 24.4. The van der Waals surface area contributed by atoms with E-state index in [-0.39, 0.29) is 11.4 Å². The van der Waals surface area contributed by atoms with Crippen molar-refractivity contribution >= 4 is 35.1 Å². The number of alkyl halides is 2. The topological polar surface area (TPSA) is 66.4 Å². The molecule has 20 heavy (non-hydrogen) atoms. The van der Waals surface area contributed by atoms with Gasteiger partial charge in [0.15, 0.2) is 0 Å². The summed E-state index contributed by atoms with van der Waals surface area (Å²) in [4.78, 5) is 22.4. The van der Waals surface area contributed by atoms with E-state index in [1.165, 1.54) is 18.2 Å². The zero-order valence-corrected chi connectivity index (χ0v) is 11.6. The Labute approximate surface area is 123 Å². The standard InChI is InChI=1S/C12H11Cl2F2NO3/c13-7-2-1-6(8(14)4-7)3-11(18)17-9(12(19)20)5-10(15)16/h1-2,4,9-10H,3,5H2,(H,17,18)(H,19,20). The van der Waals surface area contributed by atoms with Gasteiger partial charge in [0.25, 0.3) is 0 Å².